The lowest BCUT2D eigenvalue weighted by Gasteiger charge is -2.13. The van der Waals surface area contributed by atoms with Gasteiger partial charge in [0.05, 0.1) is 11.6 Å². The number of hydrogen-bond donors (Lipinski definition) is 1. The van der Waals surface area contributed by atoms with Crippen molar-refractivity contribution in [2.24, 2.45) is 0 Å². The highest BCUT2D eigenvalue weighted by Crippen LogP contribution is 2.18. The van der Waals surface area contributed by atoms with Gasteiger partial charge >= 0.3 is 0 Å². The molecule has 1 heterocycles. The number of nitrogens with zero attached hydrogens (tertiary/aromatic N) is 1. The van der Waals surface area contributed by atoms with E-state index in [9.17, 15) is 4.79 Å². The van der Waals surface area contributed by atoms with Crippen molar-refractivity contribution in [2.75, 3.05) is 6.61 Å². The van der Waals surface area contributed by atoms with E-state index >= 15 is 0 Å². The van der Waals surface area contributed by atoms with Crippen molar-refractivity contribution in [3.8, 4) is 11.8 Å². The molecule has 0 fully saturated rings. The first-order valence-electron chi connectivity index (χ1n) is 6.15. The predicted molar refractivity (Wildman–Crippen MR) is 77.5 cm³/mol. The monoisotopic (exact) mass is 286 g/mol. The van der Waals surface area contributed by atoms with E-state index < -0.39 is 0 Å². The van der Waals surface area contributed by atoms with Crippen LogP contribution in [0.15, 0.2) is 41.8 Å². The molecule has 20 heavy (non-hydrogen) atoms. The lowest BCUT2D eigenvalue weighted by atomic mass is 10.2. The summed E-state index contributed by atoms with van der Waals surface area (Å²) in [4.78, 5) is 12.9. The van der Waals surface area contributed by atoms with Gasteiger partial charge in [0.25, 0.3) is 5.91 Å². The second kappa shape index (κ2) is 6.73. The van der Waals surface area contributed by atoms with Gasteiger partial charge in [0.1, 0.15) is 11.8 Å². The van der Waals surface area contributed by atoms with Crippen LogP contribution in [0.25, 0.3) is 0 Å². The van der Waals surface area contributed by atoms with Gasteiger partial charge in [0.2, 0.25) is 0 Å². The van der Waals surface area contributed by atoms with Gasteiger partial charge in [-0.2, -0.15) is 5.26 Å². The molecule has 4 nitrogen and oxygen atoms in total. The second-order valence-corrected chi connectivity index (χ2v) is 5.18. The van der Waals surface area contributed by atoms with Crippen LogP contribution < -0.4 is 10.1 Å². The number of nitrogens with one attached hydrogen (secondary N) is 1. The van der Waals surface area contributed by atoms with Crippen molar-refractivity contribution >= 4 is 17.2 Å². The number of carbonyl (C=O) groups excluding carboxylic acids is 1. The number of thiophene rings is 1. The molecule has 1 N–H and O–H groups in total. The number of ether oxygens (including phenoxy) is 1. The summed E-state index contributed by atoms with van der Waals surface area (Å²) in [7, 11) is 0. The number of nitriles is 1. The molecule has 0 aliphatic heterocycles. The minimum absolute atomic E-state index is 0.0442. The highest BCUT2D eigenvalue weighted by atomic mass is 32.1. The van der Waals surface area contributed by atoms with E-state index in [0.717, 1.165) is 4.88 Å². The summed E-state index contributed by atoms with van der Waals surface area (Å²) < 4.78 is 5.38. The van der Waals surface area contributed by atoms with Crippen LogP contribution in [0.1, 0.15) is 23.4 Å². The van der Waals surface area contributed by atoms with Crippen LogP contribution in [0, 0.1) is 11.3 Å². The highest BCUT2D eigenvalue weighted by molar-refractivity contribution is 7.10. The zero-order valence-electron chi connectivity index (χ0n) is 11.0. The maximum atomic E-state index is 11.8. The van der Waals surface area contributed by atoms with Gasteiger partial charge in [0, 0.05) is 4.88 Å². The Hall–Kier alpha value is -2.32. The van der Waals surface area contributed by atoms with E-state index in [0.29, 0.717) is 11.3 Å². The average Bonchev–Trinajstić information content (AvgIpc) is 2.99. The Bertz CT molecular complexity index is 617. The molecule has 0 unspecified atom stereocenters. The first-order chi connectivity index (χ1) is 9.70. The van der Waals surface area contributed by atoms with Crippen LogP contribution in [-0.4, -0.2) is 12.5 Å². The molecular weight excluding hydrogens is 272 g/mol. The molecule has 1 atom stereocenters. The van der Waals surface area contributed by atoms with E-state index in [-0.39, 0.29) is 18.6 Å². The number of rotatable bonds is 5. The molecule has 1 aromatic heterocycles. The topological polar surface area (TPSA) is 62.1 Å². The minimum atomic E-state index is -0.210. The maximum absolute atomic E-state index is 11.8. The molecule has 2 aromatic rings. The first kappa shape index (κ1) is 14.1. The molecule has 0 aliphatic rings. The molecule has 102 valence electrons. The first-order valence-corrected chi connectivity index (χ1v) is 7.03. The highest BCUT2D eigenvalue weighted by Gasteiger charge is 2.11. The third kappa shape index (κ3) is 3.59. The smallest absolute Gasteiger partial charge is 0.258 e. The molecule has 1 amide bonds. The van der Waals surface area contributed by atoms with Gasteiger partial charge in [0.15, 0.2) is 6.61 Å². The van der Waals surface area contributed by atoms with Crippen LogP contribution in [0.4, 0.5) is 0 Å². The van der Waals surface area contributed by atoms with Crippen LogP contribution in [0.3, 0.4) is 0 Å². The molecule has 0 saturated carbocycles. The lowest BCUT2D eigenvalue weighted by molar-refractivity contribution is -0.123. The Morgan fingerprint density at radius 3 is 2.90 bits per heavy atom. The largest absolute Gasteiger partial charge is 0.482 e. The van der Waals surface area contributed by atoms with E-state index in [1.54, 1.807) is 35.6 Å². The standard InChI is InChI=1S/C15H14N2O2S/c1-11(14-7-4-8-20-14)17-15(18)10-19-13-6-3-2-5-12(13)9-16/h2-8,11H,10H2,1H3,(H,17,18)/t11-/m1/s1. The molecule has 0 radical (unpaired) electrons. The summed E-state index contributed by atoms with van der Waals surface area (Å²) in [5.41, 5.74) is 0.423. The predicted octanol–water partition coefficient (Wildman–Crippen LogP) is 2.88. The van der Waals surface area contributed by atoms with Crippen LogP contribution in [0.2, 0.25) is 0 Å². The van der Waals surface area contributed by atoms with E-state index in [4.69, 9.17) is 10.00 Å². The zero-order valence-corrected chi connectivity index (χ0v) is 11.8. The fourth-order valence-corrected chi connectivity index (χ4v) is 2.45. The van der Waals surface area contributed by atoms with Crippen molar-refractivity contribution in [3.05, 3.63) is 52.2 Å². The Kier molecular flexibility index (Phi) is 4.75. The average molecular weight is 286 g/mol. The third-order valence-corrected chi connectivity index (χ3v) is 3.77. The summed E-state index contributed by atoms with van der Waals surface area (Å²) >= 11 is 1.59. The van der Waals surface area contributed by atoms with Gasteiger partial charge in [-0.3, -0.25) is 4.79 Å². The van der Waals surface area contributed by atoms with E-state index in [2.05, 4.69) is 5.32 Å². The molecule has 2 rings (SSSR count). The van der Waals surface area contributed by atoms with Crippen molar-refractivity contribution < 1.29 is 9.53 Å². The Morgan fingerprint density at radius 2 is 2.20 bits per heavy atom. The molecule has 0 aliphatic carbocycles. The Morgan fingerprint density at radius 1 is 1.40 bits per heavy atom. The van der Waals surface area contributed by atoms with Crippen LogP contribution in [-0.2, 0) is 4.79 Å². The van der Waals surface area contributed by atoms with Crippen molar-refractivity contribution in [1.82, 2.24) is 5.32 Å². The fourth-order valence-electron chi connectivity index (χ4n) is 1.72. The quantitative estimate of drug-likeness (QED) is 0.919. The Balaban J connectivity index is 1.88. The van der Waals surface area contributed by atoms with Crippen LogP contribution in [0.5, 0.6) is 5.75 Å². The van der Waals surface area contributed by atoms with Crippen molar-refractivity contribution in [3.63, 3.8) is 0 Å². The normalized spacial score (nSPS) is 11.4. The van der Waals surface area contributed by atoms with E-state index in [1.165, 1.54) is 0 Å². The molecule has 0 spiro atoms. The molecule has 1 aromatic carbocycles. The number of carbonyl (C=O) groups is 1. The lowest BCUT2D eigenvalue weighted by Crippen LogP contribution is -2.31. The summed E-state index contributed by atoms with van der Waals surface area (Å²) in [6, 6.07) is 12.8. The second-order valence-electron chi connectivity index (χ2n) is 4.20. The molecule has 0 bridgehead atoms. The Labute approximate surface area is 121 Å². The number of benzene rings is 1. The van der Waals surface area contributed by atoms with Crippen LogP contribution >= 0.6 is 11.3 Å². The van der Waals surface area contributed by atoms with E-state index in [1.807, 2.05) is 30.5 Å². The molecule has 5 heteroatoms. The van der Waals surface area contributed by atoms with Gasteiger partial charge < -0.3 is 10.1 Å². The van der Waals surface area contributed by atoms with Gasteiger partial charge in [-0.25, -0.2) is 0 Å². The SMILES string of the molecule is C[C@@H](NC(=O)COc1ccccc1C#N)c1cccs1. The summed E-state index contributed by atoms with van der Waals surface area (Å²) in [6.07, 6.45) is 0. The minimum Gasteiger partial charge on any atom is -0.482 e. The van der Waals surface area contributed by atoms with Gasteiger partial charge in [-0.15, -0.1) is 11.3 Å². The third-order valence-electron chi connectivity index (χ3n) is 2.71. The molecule has 0 saturated heterocycles. The maximum Gasteiger partial charge on any atom is 0.258 e. The summed E-state index contributed by atoms with van der Waals surface area (Å²) in [6.45, 7) is 1.82. The number of hydrogen-bond acceptors (Lipinski definition) is 4. The number of amides is 1. The zero-order chi connectivity index (χ0) is 14.4. The van der Waals surface area contributed by atoms with Gasteiger partial charge in [-0.05, 0) is 30.5 Å². The number of para-hydroxylation sites is 1. The summed E-state index contributed by atoms with van der Waals surface area (Å²) in [5.74, 6) is 0.215. The molecular formula is C15H14N2O2S. The summed E-state index contributed by atoms with van der Waals surface area (Å²) in [5, 5.41) is 13.7. The van der Waals surface area contributed by atoms with Gasteiger partial charge in [-0.1, -0.05) is 18.2 Å². The fraction of sp³-hybridized carbons (Fsp3) is 0.200. The van der Waals surface area contributed by atoms with Crippen molar-refractivity contribution in [2.45, 2.75) is 13.0 Å². The van der Waals surface area contributed by atoms with Crippen molar-refractivity contribution in [1.29, 1.82) is 5.26 Å².